The SMILES string of the molecule is O=C(COc1cc(-c2cccs2)nc2ccccc12)N1CCOCC1. The first-order valence-electron chi connectivity index (χ1n) is 8.23. The Labute approximate surface area is 149 Å². The highest BCUT2D eigenvalue weighted by molar-refractivity contribution is 7.13. The molecule has 3 heterocycles. The van der Waals surface area contributed by atoms with Crippen molar-refractivity contribution in [2.45, 2.75) is 0 Å². The molecule has 1 amide bonds. The van der Waals surface area contributed by atoms with Crippen molar-refractivity contribution in [2.75, 3.05) is 32.9 Å². The molecule has 0 bridgehead atoms. The van der Waals surface area contributed by atoms with Gasteiger partial charge >= 0.3 is 0 Å². The fraction of sp³-hybridized carbons (Fsp3) is 0.263. The number of amides is 1. The molecule has 1 fully saturated rings. The van der Waals surface area contributed by atoms with E-state index < -0.39 is 0 Å². The van der Waals surface area contributed by atoms with Crippen LogP contribution >= 0.6 is 11.3 Å². The van der Waals surface area contributed by atoms with E-state index in [9.17, 15) is 4.79 Å². The number of benzene rings is 1. The zero-order chi connectivity index (χ0) is 17.1. The maximum atomic E-state index is 12.4. The minimum Gasteiger partial charge on any atom is -0.483 e. The summed E-state index contributed by atoms with van der Waals surface area (Å²) in [5.74, 6) is 0.678. The molecule has 0 saturated carbocycles. The Balaban J connectivity index is 1.60. The fourth-order valence-electron chi connectivity index (χ4n) is 2.86. The van der Waals surface area contributed by atoms with Gasteiger partial charge < -0.3 is 14.4 Å². The average molecular weight is 354 g/mol. The van der Waals surface area contributed by atoms with Gasteiger partial charge in [-0.15, -0.1) is 11.3 Å². The summed E-state index contributed by atoms with van der Waals surface area (Å²) in [4.78, 5) is 19.9. The summed E-state index contributed by atoms with van der Waals surface area (Å²) in [5.41, 5.74) is 1.73. The number of hydrogen-bond donors (Lipinski definition) is 0. The summed E-state index contributed by atoms with van der Waals surface area (Å²) in [6.45, 7) is 2.45. The molecule has 1 aliphatic rings. The Kier molecular flexibility index (Phi) is 4.63. The second-order valence-corrected chi connectivity index (χ2v) is 6.73. The Morgan fingerprint density at radius 3 is 2.84 bits per heavy atom. The van der Waals surface area contributed by atoms with E-state index in [1.54, 1.807) is 16.2 Å². The lowest BCUT2D eigenvalue weighted by molar-refractivity contribution is -0.137. The molecule has 6 heteroatoms. The van der Waals surface area contributed by atoms with Crippen LogP contribution in [0.25, 0.3) is 21.5 Å². The molecule has 25 heavy (non-hydrogen) atoms. The van der Waals surface area contributed by atoms with E-state index in [1.165, 1.54) is 0 Å². The Morgan fingerprint density at radius 2 is 2.04 bits per heavy atom. The molecule has 0 unspecified atom stereocenters. The molecule has 128 valence electrons. The third kappa shape index (κ3) is 3.50. The number of rotatable bonds is 4. The summed E-state index contributed by atoms with van der Waals surface area (Å²) < 4.78 is 11.2. The normalized spacial score (nSPS) is 14.6. The quantitative estimate of drug-likeness (QED) is 0.722. The van der Waals surface area contributed by atoms with E-state index in [2.05, 4.69) is 0 Å². The van der Waals surface area contributed by atoms with Gasteiger partial charge in [-0.3, -0.25) is 4.79 Å². The molecule has 0 N–H and O–H groups in total. The predicted octanol–water partition coefficient (Wildman–Crippen LogP) is 3.20. The number of aromatic nitrogens is 1. The van der Waals surface area contributed by atoms with Gasteiger partial charge in [0.25, 0.3) is 5.91 Å². The minimum absolute atomic E-state index is 0.0122. The molecule has 4 rings (SSSR count). The van der Waals surface area contributed by atoms with E-state index in [4.69, 9.17) is 14.5 Å². The smallest absolute Gasteiger partial charge is 0.260 e. The zero-order valence-electron chi connectivity index (χ0n) is 13.7. The third-order valence-electron chi connectivity index (χ3n) is 4.17. The number of pyridine rings is 1. The first-order chi connectivity index (χ1) is 12.3. The van der Waals surface area contributed by atoms with Gasteiger partial charge in [0.05, 0.1) is 29.3 Å². The van der Waals surface area contributed by atoms with E-state index in [1.807, 2.05) is 47.8 Å². The van der Waals surface area contributed by atoms with Crippen molar-refractivity contribution in [3.05, 3.63) is 47.8 Å². The van der Waals surface area contributed by atoms with E-state index in [0.29, 0.717) is 32.1 Å². The molecule has 0 spiro atoms. The number of hydrogen-bond acceptors (Lipinski definition) is 5. The van der Waals surface area contributed by atoms with E-state index >= 15 is 0 Å². The molecular weight excluding hydrogens is 336 g/mol. The first-order valence-corrected chi connectivity index (χ1v) is 9.11. The summed E-state index contributed by atoms with van der Waals surface area (Å²) in [7, 11) is 0. The third-order valence-corrected chi connectivity index (χ3v) is 5.06. The average Bonchev–Trinajstić information content (AvgIpc) is 3.21. The van der Waals surface area contributed by atoms with Gasteiger partial charge in [0.1, 0.15) is 5.75 Å². The molecule has 1 aliphatic heterocycles. The highest BCUT2D eigenvalue weighted by atomic mass is 32.1. The van der Waals surface area contributed by atoms with E-state index in [-0.39, 0.29) is 12.5 Å². The van der Waals surface area contributed by atoms with Crippen LogP contribution in [0.4, 0.5) is 0 Å². The minimum atomic E-state index is -0.0122. The lowest BCUT2D eigenvalue weighted by Crippen LogP contribution is -2.43. The summed E-state index contributed by atoms with van der Waals surface area (Å²) in [5, 5.41) is 2.94. The zero-order valence-corrected chi connectivity index (χ0v) is 14.5. The highest BCUT2D eigenvalue weighted by Gasteiger charge is 2.18. The lowest BCUT2D eigenvalue weighted by atomic mass is 10.1. The number of carbonyl (C=O) groups excluding carboxylic acids is 1. The van der Waals surface area contributed by atoms with Crippen LogP contribution in [0, 0.1) is 0 Å². The van der Waals surface area contributed by atoms with Crippen LogP contribution in [0.15, 0.2) is 47.8 Å². The topological polar surface area (TPSA) is 51.7 Å². The number of carbonyl (C=O) groups is 1. The molecule has 1 saturated heterocycles. The molecule has 0 atom stereocenters. The molecule has 0 aliphatic carbocycles. The maximum Gasteiger partial charge on any atom is 0.260 e. The maximum absolute atomic E-state index is 12.4. The standard InChI is InChI=1S/C19H18N2O3S/c22-19(21-7-9-23-10-8-21)13-24-17-12-16(18-6-3-11-25-18)20-15-5-2-1-4-14(15)17/h1-6,11-12H,7-10,13H2. The van der Waals surface area contributed by atoms with Crippen molar-refractivity contribution in [3.8, 4) is 16.3 Å². The van der Waals surface area contributed by atoms with Gasteiger partial charge in [-0.2, -0.15) is 0 Å². The first kappa shape index (κ1) is 16.1. The van der Waals surface area contributed by atoms with Crippen molar-refractivity contribution < 1.29 is 14.3 Å². The largest absolute Gasteiger partial charge is 0.483 e. The van der Waals surface area contributed by atoms with Crippen molar-refractivity contribution >= 4 is 28.1 Å². The van der Waals surface area contributed by atoms with Crippen LogP contribution < -0.4 is 4.74 Å². The second kappa shape index (κ2) is 7.21. The summed E-state index contributed by atoms with van der Waals surface area (Å²) in [6, 6.07) is 13.8. The molecule has 3 aromatic rings. The Morgan fingerprint density at radius 1 is 1.20 bits per heavy atom. The van der Waals surface area contributed by atoms with Gasteiger partial charge in [-0.1, -0.05) is 18.2 Å². The second-order valence-electron chi connectivity index (χ2n) is 5.78. The lowest BCUT2D eigenvalue weighted by Gasteiger charge is -2.26. The van der Waals surface area contributed by atoms with Crippen LogP contribution in [0.3, 0.4) is 0 Å². The molecule has 2 aromatic heterocycles. The number of fused-ring (bicyclic) bond motifs is 1. The van der Waals surface area contributed by atoms with Crippen molar-refractivity contribution in [1.82, 2.24) is 9.88 Å². The van der Waals surface area contributed by atoms with Crippen LogP contribution in [-0.4, -0.2) is 48.7 Å². The van der Waals surface area contributed by atoms with Crippen molar-refractivity contribution in [1.29, 1.82) is 0 Å². The van der Waals surface area contributed by atoms with Crippen LogP contribution in [0.2, 0.25) is 0 Å². The Bertz CT molecular complexity index is 874. The van der Waals surface area contributed by atoms with Crippen molar-refractivity contribution in [2.24, 2.45) is 0 Å². The van der Waals surface area contributed by atoms with Gasteiger partial charge in [0.2, 0.25) is 0 Å². The molecule has 0 radical (unpaired) electrons. The number of ether oxygens (including phenoxy) is 2. The van der Waals surface area contributed by atoms with Gasteiger partial charge in [0, 0.05) is 24.5 Å². The number of morpholine rings is 1. The molecule has 1 aromatic carbocycles. The predicted molar refractivity (Wildman–Crippen MR) is 98.0 cm³/mol. The number of para-hydroxylation sites is 1. The number of nitrogens with zero attached hydrogens (tertiary/aromatic N) is 2. The van der Waals surface area contributed by atoms with Gasteiger partial charge in [-0.05, 0) is 23.6 Å². The summed E-state index contributed by atoms with van der Waals surface area (Å²) >= 11 is 1.63. The highest BCUT2D eigenvalue weighted by Crippen LogP contribution is 2.31. The molecular formula is C19H18N2O3S. The summed E-state index contributed by atoms with van der Waals surface area (Å²) in [6.07, 6.45) is 0. The van der Waals surface area contributed by atoms with E-state index in [0.717, 1.165) is 21.5 Å². The van der Waals surface area contributed by atoms with Crippen LogP contribution in [0.5, 0.6) is 5.75 Å². The van der Waals surface area contributed by atoms with Crippen LogP contribution in [-0.2, 0) is 9.53 Å². The van der Waals surface area contributed by atoms with Gasteiger partial charge in [0.15, 0.2) is 6.61 Å². The Hall–Kier alpha value is -2.44. The monoisotopic (exact) mass is 354 g/mol. The van der Waals surface area contributed by atoms with Gasteiger partial charge in [-0.25, -0.2) is 4.98 Å². The van der Waals surface area contributed by atoms with Crippen LogP contribution in [0.1, 0.15) is 0 Å². The van der Waals surface area contributed by atoms with Crippen molar-refractivity contribution in [3.63, 3.8) is 0 Å². The molecule has 5 nitrogen and oxygen atoms in total. The fourth-order valence-corrected chi connectivity index (χ4v) is 3.54. The number of thiophene rings is 1.